The maximum absolute atomic E-state index is 15.3. The van der Waals surface area contributed by atoms with E-state index < -0.39 is 22.8 Å². The molecule has 0 saturated carbocycles. The Hall–Kier alpha value is -3.76. The number of aromatic nitrogens is 6. The summed E-state index contributed by atoms with van der Waals surface area (Å²) < 4.78 is 33.2. The van der Waals surface area contributed by atoms with Crippen LogP contribution in [0.2, 0.25) is 0 Å². The maximum Gasteiger partial charge on any atom is 0.153 e. The van der Waals surface area contributed by atoms with Crippen LogP contribution in [0.4, 0.5) is 8.78 Å². The minimum absolute atomic E-state index is 0.0550. The first kappa shape index (κ1) is 20.2. The highest BCUT2D eigenvalue weighted by Crippen LogP contribution is 2.36. The molecule has 1 unspecified atom stereocenters. The number of hydrogen-bond donors (Lipinski definition) is 2. The average Bonchev–Trinajstić information content (AvgIpc) is 3.40. The number of fused-ring (bicyclic) bond motifs is 2. The first-order valence-corrected chi connectivity index (χ1v) is 9.84. The molecule has 0 amide bonds. The van der Waals surface area contributed by atoms with Crippen molar-refractivity contribution in [2.45, 2.75) is 19.1 Å². The lowest BCUT2D eigenvalue weighted by atomic mass is 9.90. The van der Waals surface area contributed by atoms with Crippen LogP contribution in [0.3, 0.4) is 0 Å². The quantitative estimate of drug-likeness (QED) is 0.439. The van der Waals surface area contributed by atoms with Crippen molar-refractivity contribution in [1.29, 1.82) is 0 Å². The second kappa shape index (κ2) is 7.43. The van der Waals surface area contributed by atoms with Crippen molar-refractivity contribution < 1.29 is 19.0 Å². The van der Waals surface area contributed by atoms with Gasteiger partial charge in [-0.05, 0) is 31.2 Å². The molecule has 4 aromatic heterocycles. The maximum atomic E-state index is 15.3. The fraction of sp³-hybridized carbons (Fsp3) is 0.182. The zero-order valence-electron chi connectivity index (χ0n) is 16.9. The second-order valence-electron chi connectivity index (χ2n) is 7.54. The van der Waals surface area contributed by atoms with E-state index >= 15 is 4.39 Å². The number of imidazole rings is 1. The van der Waals surface area contributed by atoms with E-state index in [-0.39, 0.29) is 23.2 Å². The normalized spacial score (nSPS) is 13.7. The van der Waals surface area contributed by atoms with Crippen molar-refractivity contribution in [3.63, 3.8) is 0 Å². The Kier molecular flexibility index (Phi) is 4.68. The number of benzene rings is 1. The lowest BCUT2D eigenvalue weighted by molar-refractivity contribution is 0.0871. The molecule has 0 fully saturated rings. The smallest absolute Gasteiger partial charge is 0.153 e. The molecule has 0 aliphatic rings. The molecule has 0 radical (unpaired) electrons. The Morgan fingerprint density at radius 1 is 1.12 bits per heavy atom. The molecule has 162 valence electrons. The van der Waals surface area contributed by atoms with Crippen LogP contribution in [0, 0.1) is 11.6 Å². The van der Waals surface area contributed by atoms with Crippen LogP contribution in [0.5, 0.6) is 0 Å². The summed E-state index contributed by atoms with van der Waals surface area (Å²) in [6.07, 6.45) is 6.09. The Labute approximate surface area is 180 Å². The fourth-order valence-electron chi connectivity index (χ4n) is 3.80. The predicted molar refractivity (Wildman–Crippen MR) is 112 cm³/mol. The molecule has 8 nitrogen and oxygen atoms in total. The van der Waals surface area contributed by atoms with Gasteiger partial charge in [0.25, 0.3) is 0 Å². The zero-order chi connectivity index (χ0) is 22.5. The summed E-state index contributed by atoms with van der Waals surface area (Å²) in [5.41, 5.74) is -0.754. The predicted octanol–water partition coefficient (Wildman–Crippen LogP) is 2.67. The van der Waals surface area contributed by atoms with E-state index in [2.05, 4.69) is 20.2 Å². The van der Waals surface area contributed by atoms with Crippen LogP contribution >= 0.6 is 0 Å². The van der Waals surface area contributed by atoms with Gasteiger partial charge in [0.05, 0.1) is 48.0 Å². The summed E-state index contributed by atoms with van der Waals surface area (Å²) in [5, 5.41) is 29.2. The molecule has 10 heteroatoms. The number of pyridine rings is 1. The van der Waals surface area contributed by atoms with Gasteiger partial charge in [-0.1, -0.05) is 0 Å². The molecule has 0 aliphatic heterocycles. The average molecular weight is 436 g/mol. The van der Waals surface area contributed by atoms with E-state index in [0.29, 0.717) is 23.4 Å². The van der Waals surface area contributed by atoms with Crippen LogP contribution in [-0.4, -0.2) is 46.2 Å². The highest BCUT2D eigenvalue weighted by Gasteiger charge is 2.36. The van der Waals surface area contributed by atoms with Gasteiger partial charge < -0.3 is 10.2 Å². The van der Waals surface area contributed by atoms with Gasteiger partial charge in [0, 0.05) is 29.4 Å². The molecular formula is C22H18F2N6O2. The largest absolute Gasteiger partial charge is 0.394 e. The molecule has 1 atom stereocenters. The van der Waals surface area contributed by atoms with Crippen molar-refractivity contribution >= 4 is 16.6 Å². The topological polar surface area (TPSA) is 101 Å². The monoisotopic (exact) mass is 436 g/mol. The van der Waals surface area contributed by atoms with E-state index in [4.69, 9.17) is 5.11 Å². The van der Waals surface area contributed by atoms with Gasteiger partial charge in [-0.3, -0.25) is 9.67 Å². The summed E-state index contributed by atoms with van der Waals surface area (Å²) in [4.78, 5) is 8.21. The van der Waals surface area contributed by atoms with E-state index in [1.54, 1.807) is 35.3 Å². The molecule has 1 aromatic carbocycles. The SMILES string of the molecule is CC(O)(c1c(F)cc2ncccc2c1F)c1cnc2ccc(-c3cnn(CCO)c3)nn12. The van der Waals surface area contributed by atoms with E-state index in [1.165, 1.54) is 29.9 Å². The second-order valence-corrected chi connectivity index (χ2v) is 7.54. The van der Waals surface area contributed by atoms with E-state index in [0.717, 1.165) is 6.07 Å². The number of rotatable bonds is 5. The molecular weight excluding hydrogens is 418 g/mol. The summed E-state index contributed by atoms with van der Waals surface area (Å²) in [5.74, 6) is -1.82. The molecule has 32 heavy (non-hydrogen) atoms. The van der Waals surface area contributed by atoms with Gasteiger partial charge in [0.15, 0.2) is 5.65 Å². The molecule has 0 saturated heterocycles. The van der Waals surface area contributed by atoms with Crippen LogP contribution in [0.15, 0.2) is 55.1 Å². The van der Waals surface area contributed by atoms with Crippen molar-refractivity contribution in [3.05, 3.63) is 78.0 Å². The number of aliphatic hydroxyl groups is 2. The van der Waals surface area contributed by atoms with Crippen LogP contribution in [0.1, 0.15) is 18.2 Å². The van der Waals surface area contributed by atoms with Gasteiger partial charge in [-0.2, -0.15) is 10.2 Å². The van der Waals surface area contributed by atoms with Gasteiger partial charge in [-0.15, -0.1) is 0 Å². The summed E-state index contributed by atoms with van der Waals surface area (Å²) in [6, 6.07) is 7.53. The third-order valence-corrected chi connectivity index (χ3v) is 5.40. The van der Waals surface area contributed by atoms with Gasteiger partial charge in [-0.25, -0.2) is 18.3 Å². The highest BCUT2D eigenvalue weighted by molar-refractivity contribution is 5.80. The van der Waals surface area contributed by atoms with Crippen molar-refractivity contribution in [2.24, 2.45) is 0 Å². The van der Waals surface area contributed by atoms with Crippen LogP contribution in [-0.2, 0) is 12.1 Å². The van der Waals surface area contributed by atoms with Gasteiger partial charge in [0.1, 0.15) is 17.2 Å². The Bertz CT molecular complexity index is 1460. The van der Waals surface area contributed by atoms with Crippen LogP contribution in [0.25, 0.3) is 27.8 Å². The standard InChI is InChI=1S/C22H18F2N6O2/c1-22(32,20-15(23)9-17-14(21(20)24)3-2-6-25-17)18-11-26-19-5-4-16(28-30(18)19)13-10-27-29(12-13)7-8-31/h2-6,9-12,31-32H,7-8H2,1H3. The Balaban J connectivity index is 1.66. The number of nitrogens with zero attached hydrogens (tertiary/aromatic N) is 6. The summed E-state index contributed by atoms with van der Waals surface area (Å²) in [7, 11) is 0. The minimum atomic E-state index is -2.08. The molecule has 2 N–H and O–H groups in total. The van der Waals surface area contributed by atoms with Crippen molar-refractivity contribution in [2.75, 3.05) is 6.61 Å². The Morgan fingerprint density at radius 3 is 2.78 bits per heavy atom. The molecule has 5 aromatic rings. The van der Waals surface area contributed by atoms with Crippen molar-refractivity contribution in [3.8, 4) is 11.3 Å². The molecule has 0 spiro atoms. The summed E-state index contributed by atoms with van der Waals surface area (Å²) in [6.45, 7) is 1.58. The van der Waals surface area contributed by atoms with Crippen molar-refractivity contribution in [1.82, 2.24) is 29.4 Å². The fourth-order valence-corrected chi connectivity index (χ4v) is 3.80. The first-order chi connectivity index (χ1) is 15.4. The van der Waals surface area contributed by atoms with Crippen LogP contribution < -0.4 is 0 Å². The third-order valence-electron chi connectivity index (χ3n) is 5.40. The van der Waals surface area contributed by atoms with E-state index in [9.17, 15) is 9.50 Å². The molecule has 0 bridgehead atoms. The number of halogens is 2. The van der Waals surface area contributed by atoms with E-state index in [1.807, 2.05) is 0 Å². The molecule has 5 rings (SSSR count). The Morgan fingerprint density at radius 2 is 1.97 bits per heavy atom. The lowest BCUT2D eigenvalue weighted by Crippen LogP contribution is -2.28. The third kappa shape index (κ3) is 3.12. The molecule has 4 heterocycles. The highest BCUT2D eigenvalue weighted by atomic mass is 19.1. The van der Waals surface area contributed by atoms with Gasteiger partial charge >= 0.3 is 0 Å². The number of hydrogen-bond acceptors (Lipinski definition) is 6. The first-order valence-electron chi connectivity index (χ1n) is 9.84. The molecule has 0 aliphatic carbocycles. The number of aliphatic hydroxyl groups excluding tert-OH is 1. The van der Waals surface area contributed by atoms with Gasteiger partial charge in [0.2, 0.25) is 0 Å². The zero-order valence-corrected chi connectivity index (χ0v) is 16.9. The minimum Gasteiger partial charge on any atom is -0.394 e. The lowest BCUT2D eigenvalue weighted by Gasteiger charge is -2.24. The summed E-state index contributed by atoms with van der Waals surface area (Å²) >= 11 is 0.